The second-order valence-electron chi connectivity index (χ2n) is 4.89. The Bertz CT molecular complexity index is 952. The normalized spacial score (nSPS) is 10.8. The summed E-state index contributed by atoms with van der Waals surface area (Å²) in [7, 11) is 0. The van der Waals surface area contributed by atoms with Gasteiger partial charge in [-0.25, -0.2) is 14.6 Å². The molecule has 5 nitrogen and oxygen atoms in total. The first-order valence-electron chi connectivity index (χ1n) is 6.98. The van der Waals surface area contributed by atoms with Gasteiger partial charge in [0.25, 0.3) is 0 Å². The lowest BCUT2D eigenvalue weighted by Crippen LogP contribution is -1.95. The highest BCUT2D eigenvalue weighted by molar-refractivity contribution is 14.1. The smallest absolute Gasteiger partial charge is 0.230 e. The van der Waals surface area contributed by atoms with Crippen molar-refractivity contribution in [2.24, 2.45) is 0 Å². The third-order valence-electron chi connectivity index (χ3n) is 3.38. The van der Waals surface area contributed by atoms with Gasteiger partial charge in [0.1, 0.15) is 12.1 Å². The van der Waals surface area contributed by atoms with E-state index < -0.39 is 0 Å². The molecule has 2 heterocycles. The van der Waals surface area contributed by atoms with Crippen LogP contribution >= 0.6 is 22.6 Å². The molecule has 2 aromatic carbocycles. The molecule has 6 heteroatoms. The molecule has 0 unspecified atom stereocenters. The Balaban J connectivity index is 1.67. The molecule has 112 valence electrons. The standard InChI is InChI=1S/C17H11IN4O/c18-12-2-7-16-15(10-12)17(20-11-19-16)23-14-5-3-13(4-6-14)22-9-1-8-21-22/h1-11H. The Hall–Kier alpha value is -2.48. The molecule has 0 aliphatic carbocycles. The molecule has 2 aromatic heterocycles. The van der Waals surface area contributed by atoms with E-state index in [0.717, 1.165) is 25.9 Å². The van der Waals surface area contributed by atoms with E-state index in [1.807, 2.05) is 54.7 Å². The van der Waals surface area contributed by atoms with Gasteiger partial charge in [-0.1, -0.05) is 0 Å². The zero-order valence-electron chi connectivity index (χ0n) is 11.9. The molecule has 0 radical (unpaired) electrons. The van der Waals surface area contributed by atoms with Crippen LogP contribution in [0, 0.1) is 3.57 Å². The lowest BCUT2D eigenvalue weighted by molar-refractivity contribution is 0.468. The van der Waals surface area contributed by atoms with Crippen molar-refractivity contribution in [1.82, 2.24) is 19.7 Å². The molecule has 0 amide bonds. The van der Waals surface area contributed by atoms with Gasteiger partial charge in [-0.2, -0.15) is 5.10 Å². The lowest BCUT2D eigenvalue weighted by atomic mass is 10.2. The molecule has 0 saturated carbocycles. The first-order valence-corrected chi connectivity index (χ1v) is 8.06. The van der Waals surface area contributed by atoms with Crippen molar-refractivity contribution < 1.29 is 4.74 Å². The van der Waals surface area contributed by atoms with Gasteiger partial charge >= 0.3 is 0 Å². The van der Waals surface area contributed by atoms with Crippen LogP contribution < -0.4 is 4.74 Å². The fourth-order valence-electron chi connectivity index (χ4n) is 2.29. The van der Waals surface area contributed by atoms with Crippen LogP contribution in [0.5, 0.6) is 11.6 Å². The number of hydrogen-bond donors (Lipinski definition) is 0. The van der Waals surface area contributed by atoms with Gasteiger partial charge in [0, 0.05) is 16.0 Å². The van der Waals surface area contributed by atoms with Gasteiger partial charge in [-0.3, -0.25) is 0 Å². The minimum absolute atomic E-state index is 0.556. The lowest BCUT2D eigenvalue weighted by Gasteiger charge is -2.08. The summed E-state index contributed by atoms with van der Waals surface area (Å²) in [5.74, 6) is 1.28. The molecule has 4 rings (SSSR count). The van der Waals surface area contributed by atoms with Crippen LogP contribution in [0.4, 0.5) is 0 Å². The number of nitrogens with zero attached hydrogens (tertiary/aromatic N) is 4. The van der Waals surface area contributed by atoms with E-state index in [-0.39, 0.29) is 0 Å². The molecule has 0 saturated heterocycles. The average molecular weight is 414 g/mol. The van der Waals surface area contributed by atoms with Crippen molar-refractivity contribution >= 4 is 33.5 Å². The quantitative estimate of drug-likeness (QED) is 0.472. The first kappa shape index (κ1) is 14.1. The van der Waals surface area contributed by atoms with Crippen molar-refractivity contribution in [2.75, 3.05) is 0 Å². The molecule has 23 heavy (non-hydrogen) atoms. The Kier molecular flexibility index (Phi) is 3.66. The maximum absolute atomic E-state index is 5.93. The fraction of sp³-hybridized carbons (Fsp3) is 0. The summed E-state index contributed by atoms with van der Waals surface area (Å²) in [6.07, 6.45) is 5.16. The van der Waals surface area contributed by atoms with Gasteiger partial charge in [-0.05, 0) is 71.1 Å². The van der Waals surface area contributed by atoms with E-state index in [1.165, 1.54) is 6.33 Å². The number of ether oxygens (including phenoxy) is 1. The van der Waals surface area contributed by atoms with E-state index >= 15 is 0 Å². The molecule has 0 fully saturated rings. The summed E-state index contributed by atoms with van der Waals surface area (Å²) >= 11 is 2.26. The molecule has 4 aromatic rings. The maximum Gasteiger partial charge on any atom is 0.230 e. The molecule has 0 spiro atoms. The van der Waals surface area contributed by atoms with Crippen LogP contribution in [0.1, 0.15) is 0 Å². The highest BCUT2D eigenvalue weighted by Gasteiger charge is 2.07. The van der Waals surface area contributed by atoms with Crippen molar-refractivity contribution in [2.45, 2.75) is 0 Å². The topological polar surface area (TPSA) is 52.8 Å². The van der Waals surface area contributed by atoms with Crippen LogP contribution in [0.2, 0.25) is 0 Å². The third-order valence-corrected chi connectivity index (χ3v) is 4.05. The Morgan fingerprint density at radius 1 is 1.00 bits per heavy atom. The summed E-state index contributed by atoms with van der Waals surface area (Å²) in [5.41, 5.74) is 1.84. The minimum Gasteiger partial charge on any atom is -0.438 e. The molecule has 0 N–H and O–H groups in total. The number of fused-ring (bicyclic) bond motifs is 1. The number of hydrogen-bond acceptors (Lipinski definition) is 4. The van der Waals surface area contributed by atoms with E-state index in [0.29, 0.717) is 5.88 Å². The Labute approximate surface area is 146 Å². The fourth-order valence-corrected chi connectivity index (χ4v) is 2.78. The minimum atomic E-state index is 0.556. The maximum atomic E-state index is 5.93. The van der Waals surface area contributed by atoms with E-state index in [9.17, 15) is 0 Å². The van der Waals surface area contributed by atoms with Gasteiger partial charge in [0.2, 0.25) is 5.88 Å². The van der Waals surface area contributed by atoms with Crippen LogP contribution in [0.25, 0.3) is 16.6 Å². The zero-order valence-corrected chi connectivity index (χ0v) is 14.1. The van der Waals surface area contributed by atoms with Crippen LogP contribution in [0.15, 0.2) is 67.3 Å². The Morgan fingerprint density at radius 3 is 2.65 bits per heavy atom. The molecule has 0 aliphatic heterocycles. The van der Waals surface area contributed by atoms with Gasteiger partial charge in [0.05, 0.1) is 16.6 Å². The van der Waals surface area contributed by atoms with E-state index in [4.69, 9.17) is 4.74 Å². The Morgan fingerprint density at radius 2 is 1.87 bits per heavy atom. The van der Waals surface area contributed by atoms with Gasteiger partial charge in [0.15, 0.2) is 0 Å². The molecular weight excluding hydrogens is 403 g/mol. The SMILES string of the molecule is Ic1ccc2ncnc(Oc3ccc(-n4cccn4)cc3)c2c1. The molecule has 0 bridgehead atoms. The van der Waals surface area contributed by atoms with Crippen molar-refractivity contribution in [3.63, 3.8) is 0 Å². The average Bonchev–Trinajstić information content (AvgIpc) is 3.11. The highest BCUT2D eigenvalue weighted by atomic mass is 127. The number of halogens is 1. The molecular formula is C17H11IN4O. The summed E-state index contributed by atoms with van der Waals surface area (Å²) in [4.78, 5) is 8.53. The van der Waals surface area contributed by atoms with Crippen molar-refractivity contribution in [3.8, 4) is 17.3 Å². The largest absolute Gasteiger partial charge is 0.438 e. The van der Waals surface area contributed by atoms with Crippen LogP contribution in [-0.2, 0) is 0 Å². The van der Waals surface area contributed by atoms with Crippen molar-refractivity contribution in [1.29, 1.82) is 0 Å². The van der Waals surface area contributed by atoms with E-state index in [2.05, 4.69) is 37.7 Å². The third kappa shape index (κ3) is 2.89. The van der Waals surface area contributed by atoms with Crippen molar-refractivity contribution in [3.05, 3.63) is 70.8 Å². The summed E-state index contributed by atoms with van der Waals surface area (Å²) < 4.78 is 8.85. The van der Waals surface area contributed by atoms with Gasteiger partial charge in [-0.15, -0.1) is 0 Å². The summed E-state index contributed by atoms with van der Waals surface area (Å²) in [6.45, 7) is 0. The van der Waals surface area contributed by atoms with E-state index in [1.54, 1.807) is 10.9 Å². The predicted octanol–water partition coefficient (Wildman–Crippen LogP) is 4.21. The number of aromatic nitrogens is 4. The molecule has 0 aliphatic rings. The second kappa shape index (κ2) is 5.96. The predicted molar refractivity (Wildman–Crippen MR) is 95.9 cm³/mol. The van der Waals surface area contributed by atoms with Gasteiger partial charge < -0.3 is 4.74 Å². The monoisotopic (exact) mass is 414 g/mol. The summed E-state index contributed by atoms with van der Waals surface area (Å²) in [6, 6.07) is 15.6. The highest BCUT2D eigenvalue weighted by Crippen LogP contribution is 2.28. The second-order valence-corrected chi connectivity index (χ2v) is 6.13. The number of rotatable bonds is 3. The van der Waals surface area contributed by atoms with Crippen LogP contribution in [0.3, 0.4) is 0 Å². The first-order chi connectivity index (χ1) is 11.3. The molecule has 0 atom stereocenters. The van der Waals surface area contributed by atoms with Crippen LogP contribution in [-0.4, -0.2) is 19.7 Å². The number of benzene rings is 2. The summed E-state index contributed by atoms with van der Waals surface area (Å²) in [5, 5.41) is 5.10. The zero-order chi connectivity index (χ0) is 15.6.